The smallest absolute Gasteiger partial charge is 0.119 e. The lowest BCUT2D eigenvalue weighted by atomic mass is 10.0. The molecule has 0 spiro atoms. The monoisotopic (exact) mass is 239 g/mol. The van der Waals surface area contributed by atoms with Crippen LogP contribution in [0.25, 0.3) is 0 Å². The van der Waals surface area contributed by atoms with E-state index in [0.29, 0.717) is 0 Å². The predicted octanol–water partition coefficient (Wildman–Crippen LogP) is 3.80. The first kappa shape index (κ1) is 11.1. The van der Waals surface area contributed by atoms with Crippen LogP contribution in [-0.2, 0) is 5.54 Å². The van der Waals surface area contributed by atoms with Gasteiger partial charge in [0.2, 0.25) is 0 Å². The number of hydrogen-bond acceptors (Lipinski definition) is 2. The third-order valence-corrected chi connectivity index (χ3v) is 3.55. The van der Waals surface area contributed by atoms with Gasteiger partial charge in [0.15, 0.2) is 0 Å². The van der Waals surface area contributed by atoms with Crippen LogP contribution in [0.3, 0.4) is 0 Å². The van der Waals surface area contributed by atoms with Gasteiger partial charge in [-0.05, 0) is 42.7 Å². The van der Waals surface area contributed by atoms with Crippen LogP contribution >= 0.6 is 0 Å². The van der Waals surface area contributed by atoms with Crippen molar-refractivity contribution in [3.63, 3.8) is 0 Å². The van der Waals surface area contributed by atoms with Crippen molar-refractivity contribution >= 4 is 5.69 Å². The van der Waals surface area contributed by atoms with Gasteiger partial charge < -0.3 is 10.1 Å². The maximum absolute atomic E-state index is 5.17. The molecular weight excluding hydrogens is 222 g/mol. The van der Waals surface area contributed by atoms with Crippen LogP contribution < -0.4 is 10.1 Å². The fourth-order valence-electron chi connectivity index (χ4n) is 2.32. The van der Waals surface area contributed by atoms with Gasteiger partial charge in [0.1, 0.15) is 5.75 Å². The van der Waals surface area contributed by atoms with Crippen molar-refractivity contribution in [2.45, 2.75) is 18.4 Å². The first-order chi connectivity index (χ1) is 8.82. The quantitative estimate of drug-likeness (QED) is 0.876. The molecule has 0 radical (unpaired) electrons. The average molecular weight is 239 g/mol. The largest absolute Gasteiger partial charge is 0.497 e. The van der Waals surface area contributed by atoms with E-state index in [1.807, 2.05) is 12.1 Å². The number of methoxy groups -OCH3 is 1. The second-order valence-corrected chi connectivity index (χ2v) is 4.80. The molecule has 2 aromatic carbocycles. The van der Waals surface area contributed by atoms with E-state index in [1.54, 1.807) is 7.11 Å². The molecule has 0 aliphatic heterocycles. The van der Waals surface area contributed by atoms with E-state index in [9.17, 15) is 0 Å². The van der Waals surface area contributed by atoms with E-state index in [4.69, 9.17) is 4.74 Å². The Morgan fingerprint density at radius 3 is 2.17 bits per heavy atom. The summed E-state index contributed by atoms with van der Waals surface area (Å²) in [5.41, 5.74) is 2.67. The maximum atomic E-state index is 5.17. The molecule has 0 bridgehead atoms. The van der Waals surface area contributed by atoms with Crippen molar-refractivity contribution in [3.8, 4) is 5.75 Å². The first-order valence-corrected chi connectivity index (χ1v) is 6.30. The minimum Gasteiger partial charge on any atom is -0.497 e. The van der Waals surface area contributed by atoms with Crippen molar-refractivity contribution in [2.75, 3.05) is 12.4 Å². The Balaban J connectivity index is 1.80. The number of nitrogens with one attached hydrogen (secondary N) is 1. The molecule has 3 rings (SSSR count). The second kappa shape index (κ2) is 4.37. The molecular formula is C16H17NO. The highest BCUT2D eigenvalue weighted by Gasteiger charge is 2.44. The van der Waals surface area contributed by atoms with Gasteiger partial charge in [0, 0.05) is 5.69 Å². The zero-order valence-electron chi connectivity index (χ0n) is 10.5. The van der Waals surface area contributed by atoms with Crippen molar-refractivity contribution in [3.05, 3.63) is 60.2 Å². The Morgan fingerprint density at radius 2 is 1.61 bits per heavy atom. The van der Waals surface area contributed by atoms with E-state index in [1.165, 1.54) is 18.4 Å². The summed E-state index contributed by atoms with van der Waals surface area (Å²) in [6.07, 6.45) is 2.39. The van der Waals surface area contributed by atoms with Crippen molar-refractivity contribution < 1.29 is 4.74 Å². The SMILES string of the molecule is COc1ccc(NC2(c3ccccc3)CC2)cc1. The number of ether oxygens (including phenoxy) is 1. The summed E-state index contributed by atoms with van der Waals surface area (Å²) in [5.74, 6) is 0.894. The summed E-state index contributed by atoms with van der Waals surface area (Å²) in [4.78, 5) is 0. The van der Waals surface area contributed by atoms with Crippen molar-refractivity contribution in [1.82, 2.24) is 0 Å². The van der Waals surface area contributed by atoms with Crippen LogP contribution in [0.5, 0.6) is 5.75 Å². The summed E-state index contributed by atoms with van der Waals surface area (Å²) >= 11 is 0. The molecule has 1 N–H and O–H groups in total. The third-order valence-electron chi connectivity index (χ3n) is 3.55. The van der Waals surface area contributed by atoms with E-state index in [2.05, 4.69) is 47.8 Å². The van der Waals surface area contributed by atoms with Crippen LogP contribution in [0.4, 0.5) is 5.69 Å². The Bertz CT molecular complexity index is 515. The lowest BCUT2D eigenvalue weighted by molar-refractivity contribution is 0.415. The van der Waals surface area contributed by atoms with Gasteiger partial charge >= 0.3 is 0 Å². The van der Waals surface area contributed by atoms with Gasteiger partial charge in [0.05, 0.1) is 12.6 Å². The minimum atomic E-state index is 0.149. The fourth-order valence-corrected chi connectivity index (χ4v) is 2.32. The van der Waals surface area contributed by atoms with Crippen LogP contribution in [0.15, 0.2) is 54.6 Å². The molecule has 1 aliphatic carbocycles. The first-order valence-electron chi connectivity index (χ1n) is 6.30. The normalized spacial score (nSPS) is 16.1. The molecule has 2 aromatic rings. The molecule has 1 saturated carbocycles. The average Bonchev–Trinajstić information content (AvgIpc) is 3.22. The molecule has 1 fully saturated rings. The van der Waals surface area contributed by atoms with Gasteiger partial charge in [-0.1, -0.05) is 30.3 Å². The Labute approximate surface area is 108 Å². The molecule has 0 aromatic heterocycles. The summed E-state index contributed by atoms with van der Waals surface area (Å²) < 4.78 is 5.17. The topological polar surface area (TPSA) is 21.3 Å². The fraction of sp³-hybridized carbons (Fsp3) is 0.250. The molecule has 18 heavy (non-hydrogen) atoms. The third kappa shape index (κ3) is 2.06. The van der Waals surface area contributed by atoms with E-state index >= 15 is 0 Å². The Hall–Kier alpha value is -1.96. The molecule has 0 heterocycles. The predicted molar refractivity (Wildman–Crippen MR) is 74.0 cm³/mol. The lowest BCUT2D eigenvalue weighted by Gasteiger charge is -2.19. The van der Waals surface area contributed by atoms with Gasteiger partial charge in [-0.2, -0.15) is 0 Å². The molecule has 0 amide bonds. The molecule has 1 aliphatic rings. The van der Waals surface area contributed by atoms with Gasteiger partial charge in [0.25, 0.3) is 0 Å². The molecule has 2 nitrogen and oxygen atoms in total. The van der Waals surface area contributed by atoms with E-state index in [-0.39, 0.29) is 5.54 Å². The van der Waals surface area contributed by atoms with E-state index in [0.717, 1.165) is 11.4 Å². The highest BCUT2D eigenvalue weighted by molar-refractivity contribution is 5.52. The highest BCUT2D eigenvalue weighted by atomic mass is 16.5. The van der Waals surface area contributed by atoms with Gasteiger partial charge in [-0.3, -0.25) is 0 Å². The molecule has 0 unspecified atom stereocenters. The van der Waals surface area contributed by atoms with Gasteiger partial charge in [-0.15, -0.1) is 0 Å². The number of benzene rings is 2. The molecule has 0 atom stereocenters. The summed E-state index contributed by atoms with van der Waals surface area (Å²) in [5, 5.41) is 3.64. The highest BCUT2D eigenvalue weighted by Crippen LogP contribution is 2.48. The Morgan fingerprint density at radius 1 is 0.944 bits per heavy atom. The van der Waals surface area contributed by atoms with Crippen LogP contribution in [-0.4, -0.2) is 7.11 Å². The molecule has 0 saturated heterocycles. The van der Waals surface area contributed by atoms with Crippen LogP contribution in [0.1, 0.15) is 18.4 Å². The standard InChI is InChI=1S/C16H17NO/c1-18-15-9-7-14(8-10-15)17-16(11-12-16)13-5-3-2-4-6-13/h2-10,17H,11-12H2,1H3. The lowest BCUT2D eigenvalue weighted by Crippen LogP contribution is -2.18. The van der Waals surface area contributed by atoms with Crippen molar-refractivity contribution in [2.24, 2.45) is 0 Å². The maximum Gasteiger partial charge on any atom is 0.119 e. The zero-order valence-corrected chi connectivity index (χ0v) is 10.5. The summed E-state index contributed by atoms with van der Waals surface area (Å²) in [7, 11) is 1.69. The second-order valence-electron chi connectivity index (χ2n) is 4.80. The zero-order chi connectivity index (χ0) is 12.4. The van der Waals surface area contributed by atoms with Crippen molar-refractivity contribution in [1.29, 1.82) is 0 Å². The van der Waals surface area contributed by atoms with Crippen LogP contribution in [0.2, 0.25) is 0 Å². The molecule has 92 valence electrons. The summed E-state index contributed by atoms with van der Waals surface area (Å²) in [6, 6.07) is 18.8. The molecule has 2 heteroatoms. The van der Waals surface area contributed by atoms with E-state index < -0.39 is 0 Å². The summed E-state index contributed by atoms with van der Waals surface area (Å²) in [6.45, 7) is 0. The minimum absolute atomic E-state index is 0.149. The Kier molecular flexibility index (Phi) is 2.71. The number of rotatable bonds is 4. The van der Waals surface area contributed by atoms with Crippen LogP contribution in [0, 0.1) is 0 Å². The number of anilines is 1. The van der Waals surface area contributed by atoms with Gasteiger partial charge in [-0.25, -0.2) is 0 Å². The number of hydrogen-bond donors (Lipinski definition) is 1.